The predicted octanol–water partition coefficient (Wildman–Crippen LogP) is 4.09. The second kappa shape index (κ2) is 6.16. The largest absolute Gasteiger partial charge is 0.497 e. The summed E-state index contributed by atoms with van der Waals surface area (Å²) in [7, 11) is 1.60. The van der Waals surface area contributed by atoms with Gasteiger partial charge in [0, 0.05) is 4.47 Å². The zero-order chi connectivity index (χ0) is 18.4. The number of benzene rings is 2. The Bertz CT molecular complexity index is 898. The molecule has 1 unspecified atom stereocenters. The van der Waals surface area contributed by atoms with Crippen LogP contribution in [-0.2, 0) is 5.54 Å². The highest BCUT2D eigenvalue weighted by atomic mass is 79.9. The van der Waals surface area contributed by atoms with Crippen molar-refractivity contribution in [3.63, 3.8) is 0 Å². The summed E-state index contributed by atoms with van der Waals surface area (Å²) >= 11 is 3.49. The second-order valence-corrected chi connectivity index (χ2v) is 7.23. The summed E-state index contributed by atoms with van der Waals surface area (Å²) in [6.07, 6.45) is 1.47. The average Bonchev–Trinajstić information content (AvgIpc) is 3.00. The molecule has 4 rings (SSSR count). The molecule has 0 radical (unpaired) electrons. The van der Waals surface area contributed by atoms with Gasteiger partial charge < -0.3 is 9.64 Å². The summed E-state index contributed by atoms with van der Waals surface area (Å²) in [6, 6.07) is 15.2. The first-order chi connectivity index (χ1) is 12.4. The zero-order valence-electron chi connectivity index (χ0n) is 14.0. The third-order valence-corrected chi connectivity index (χ3v) is 5.09. The minimum atomic E-state index is -2.86. The number of hydrogen-bond acceptors (Lipinski definition) is 4. The first kappa shape index (κ1) is 17.1. The number of alkyl halides is 2. The summed E-state index contributed by atoms with van der Waals surface area (Å²) < 4.78 is 33.8. The molecular weight excluding hydrogens is 404 g/mol. The van der Waals surface area contributed by atoms with Crippen LogP contribution >= 0.6 is 15.9 Å². The molecule has 0 bridgehead atoms. The third kappa shape index (κ3) is 2.70. The lowest BCUT2D eigenvalue weighted by Crippen LogP contribution is -2.50. The normalized spacial score (nSPS) is 23.5. The molecule has 0 spiro atoms. The van der Waals surface area contributed by atoms with Crippen LogP contribution in [0.3, 0.4) is 0 Å². The van der Waals surface area contributed by atoms with Gasteiger partial charge in [0.15, 0.2) is 5.54 Å². The van der Waals surface area contributed by atoms with Crippen LogP contribution < -0.4 is 4.74 Å². The molecule has 0 aliphatic carbocycles. The molecule has 4 nitrogen and oxygen atoms in total. The quantitative estimate of drug-likeness (QED) is 0.750. The van der Waals surface area contributed by atoms with Crippen molar-refractivity contribution in [3.8, 4) is 5.75 Å². The first-order valence-electron chi connectivity index (χ1n) is 8.10. The number of nitrogens with zero attached hydrogens (tertiary/aromatic N) is 3. The van der Waals surface area contributed by atoms with Crippen molar-refractivity contribution < 1.29 is 13.5 Å². The number of fused-ring (bicyclic) bond motifs is 1. The number of hydrogen-bond donors (Lipinski definition) is 0. The van der Waals surface area contributed by atoms with E-state index in [-0.39, 0.29) is 0 Å². The van der Waals surface area contributed by atoms with E-state index < -0.39 is 24.6 Å². The van der Waals surface area contributed by atoms with Crippen LogP contribution in [0.1, 0.15) is 11.1 Å². The van der Waals surface area contributed by atoms with Crippen LogP contribution in [0.2, 0.25) is 0 Å². The molecule has 0 saturated carbocycles. The fourth-order valence-electron chi connectivity index (χ4n) is 3.41. The summed E-state index contributed by atoms with van der Waals surface area (Å²) in [5.74, 6) is -1.62. The van der Waals surface area contributed by atoms with E-state index in [1.807, 2.05) is 48.5 Å². The van der Waals surface area contributed by atoms with E-state index in [2.05, 4.69) is 25.9 Å². The van der Waals surface area contributed by atoms with Crippen molar-refractivity contribution in [1.29, 1.82) is 0 Å². The molecule has 0 aromatic heterocycles. The SMILES string of the molecule is COc1ccc(C2(c3cccc(Br)c3)N=CN3CC(F)(F)CN=C32)cc1. The maximum Gasteiger partial charge on any atom is 0.284 e. The van der Waals surface area contributed by atoms with Crippen molar-refractivity contribution in [3.05, 3.63) is 64.1 Å². The van der Waals surface area contributed by atoms with Gasteiger partial charge in [0.2, 0.25) is 0 Å². The van der Waals surface area contributed by atoms with Gasteiger partial charge in [-0.1, -0.05) is 40.2 Å². The second-order valence-electron chi connectivity index (χ2n) is 6.32. The van der Waals surface area contributed by atoms with Crippen molar-refractivity contribution >= 4 is 28.1 Å². The van der Waals surface area contributed by atoms with Crippen LogP contribution in [-0.4, -0.2) is 43.2 Å². The van der Waals surface area contributed by atoms with Gasteiger partial charge in [-0.3, -0.25) is 9.98 Å². The first-order valence-corrected chi connectivity index (χ1v) is 8.89. The Morgan fingerprint density at radius 2 is 1.88 bits per heavy atom. The minimum absolute atomic E-state index is 0.415. The fourth-order valence-corrected chi connectivity index (χ4v) is 3.81. The van der Waals surface area contributed by atoms with Crippen LogP contribution in [0.15, 0.2) is 63.0 Å². The van der Waals surface area contributed by atoms with Gasteiger partial charge in [0.25, 0.3) is 5.92 Å². The van der Waals surface area contributed by atoms with Crippen molar-refractivity contribution in [1.82, 2.24) is 4.90 Å². The number of amidine groups is 1. The Hall–Kier alpha value is -2.28. The summed E-state index contributed by atoms with van der Waals surface area (Å²) in [5.41, 5.74) is 0.755. The van der Waals surface area contributed by atoms with Gasteiger partial charge in [0.1, 0.15) is 18.1 Å². The highest BCUT2D eigenvalue weighted by Gasteiger charge is 2.50. The number of rotatable bonds is 3. The van der Waals surface area contributed by atoms with Crippen LogP contribution in [0.25, 0.3) is 0 Å². The Kier molecular flexibility index (Phi) is 4.06. The van der Waals surface area contributed by atoms with Crippen molar-refractivity contribution in [2.24, 2.45) is 9.98 Å². The molecule has 0 amide bonds. The summed E-state index contributed by atoms with van der Waals surface area (Å²) in [5, 5.41) is 0. The lowest BCUT2D eigenvalue weighted by Gasteiger charge is -2.35. The monoisotopic (exact) mass is 419 g/mol. The maximum absolute atomic E-state index is 13.8. The van der Waals surface area contributed by atoms with Gasteiger partial charge in [-0.2, -0.15) is 0 Å². The van der Waals surface area contributed by atoms with E-state index in [1.54, 1.807) is 7.11 Å². The van der Waals surface area contributed by atoms with E-state index in [0.717, 1.165) is 15.6 Å². The number of methoxy groups -OCH3 is 1. The maximum atomic E-state index is 13.8. The van der Waals surface area contributed by atoms with Crippen LogP contribution in [0.4, 0.5) is 8.78 Å². The molecule has 2 heterocycles. The number of halogens is 3. The molecule has 26 heavy (non-hydrogen) atoms. The van der Waals surface area contributed by atoms with Gasteiger partial charge in [-0.15, -0.1) is 0 Å². The zero-order valence-corrected chi connectivity index (χ0v) is 15.6. The molecule has 0 fully saturated rings. The highest BCUT2D eigenvalue weighted by molar-refractivity contribution is 9.10. The highest BCUT2D eigenvalue weighted by Crippen LogP contribution is 2.42. The molecular formula is C19H16BrF2N3O. The van der Waals surface area contributed by atoms with E-state index in [1.165, 1.54) is 11.2 Å². The molecule has 0 saturated heterocycles. The van der Waals surface area contributed by atoms with E-state index in [4.69, 9.17) is 4.74 Å². The average molecular weight is 420 g/mol. The van der Waals surface area contributed by atoms with Crippen LogP contribution in [0, 0.1) is 0 Å². The number of aliphatic imine (C=N–C) groups is 2. The topological polar surface area (TPSA) is 37.2 Å². The van der Waals surface area contributed by atoms with E-state index in [0.29, 0.717) is 11.6 Å². The lowest BCUT2D eigenvalue weighted by molar-refractivity contribution is -0.00351. The fraction of sp³-hybridized carbons (Fsp3) is 0.263. The molecule has 0 N–H and O–H groups in total. The Morgan fingerprint density at radius 1 is 1.12 bits per heavy atom. The predicted molar refractivity (Wildman–Crippen MR) is 100 cm³/mol. The lowest BCUT2D eigenvalue weighted by atomic mass is 9.82. The molecule has 1 atom stereocenters. The van der Waals surface area contributed by atoms with E-state index >= 15 is 0 Å². The number of ether oxygens (including phenoxy) is 1. The molecule has 7 heteroatoms. The van der Waals surface area contributed by atoms with E-state index in [9.17, 15) is 8.78 Å². The third-order valence-electron chi connectivity index (χ3n) is 4.60. The molecule has 134 valence electrons. The van der Waals surface area contributed by atoms with Crippen molar-refractivity contribution in [2.45, 2.75) is 11.5 Å². The van der Waals surface area contributed by atoms with Gasteiger partial charge in [-0.05, 0) is 35.4 Å². The molecule has 2 aromatic rings. The van der Waals surface area contributed by atoms with Crippen molar-refractivity contribution in [2.75, 3.05) is 20.2 Å². The Labute approximate surface area is 158 Å². The smallest absolute Gasteiger partial charge is 0.284 e. The summed E-state index contributed by atoms with van der Waals surface area (Å²) in [6.45, 7) is -0.949. The van der Waals surface area contributed by atoms with Gasteiger partial charge in [-0.25, -0.2) is 8.78 Å². The van der Waals surface area contributed by atoms with Gasteiger partial charge >= 0.3 is 0 Å². The Balaban J connectivity index is 1.91. The van der Waals surface area contributed by atoms with Gasteiger partial charge in [0.05, 0.1) is 20.0 Å². The summed E-state index contributed by atoms with van der Waals surface area (Å²) in [4.78, 5) is 10.4. The molecule has 2 aliphatic heterocycles. The molecule has 2 aromatic carbocycles. The molecule has 2 aliphatic rings. The standard InChI is InChI=1S/C19H16BrF2N3O/c1-26-16-7-5-13(6-8-16)19(14-3-2-4-15(20)9-14)17-23-10-18(21,22)11-25(17)12-24-19/h2-9,12H,10-11H2,1H3. The minimum Gasteiger partial charge on any atom is -0.497 e. The van der Waals surface area contributed by atoms with Crippen LogP contribution in [0.5, 0.6) is 5.75 Å². The Morgan fingerprint density at radius 3 is 2.58 bits per heavy atom.